The van der Waals surface area contributed by atoms with Crippen molar-refractivity contribution in [1.29, 1.82) is 0 Å². The van der Waals surface area contributed by atoms with E-state index in [9.17, 15) is 0 Å². The van der Waals surface area contributed by atoms with E-state index in [1.165, 1.54) is 12.8 Å². The van der Waals surface area contributed by atoms with Crippen molar-refractivity contribution in [3.8, 4) is 5.75 Å². The molecule has 1 aliphatic heterocycles. The molecule has 3 heterocycles. The van der Waals surface area contributed by atoms with Gasteiger partial charge in [0, 0.05) is 12.5 Å². The van der Waals surface area contributed by atoms with Crippen LogP contribution in [0.1, 0.15) is 31.0 Å². The zero-order valence-electron chi connectivity index (χ0n) is 11.0. The van der Waals surface area contributed by atoms with Crippen LogP contribution in [0, 0.1) is 0 Å². The summed E-state index contributed by atoms with van der Waals surface area (Å²) in [5, 5.41) is 4.04. The summed E-state index contributed by atoms with van der Waals surface area (Å²) < 4.78 is 7.36. The highest BCUT2D eigenvalue weighted by molar-refractivity contribution is 6.32. The lowest BCUT2D eigenvalue weighted by molar-refractivity contribution is 0.412. The fourth-order valence-corrected chi connectivity index (χ4v) is 2.94. The topological polar surface area (TPSA) is 38.6 Å². The second-order valence-corrected chi connectivity index (χ2v) is 5.34. The quantitative estimate of drug-likeness (QED) is 0.919. The van der Waals surface area contributed by atoms with E-state index in [0.29, 0.717) is 11.1 Å². The van der Waals surface area contributed by atoms with Crippen LogP contribution in [0.25, 0.3) is 5.52 Å². The molecule has 1 unspecified atom stereocenters. The van der Waals surface area contributed by atoms with Gasteiger partial charge in [0.15, 0.2) is 5.15 Å². The smallest absolute Gasteiger partial charge is 0.155 e. The second kappa shape index (κ2) is 5.39. The predicted octanol–water partition coefficient (Wildman–Crippen LogP) is 2.85. The molecule has 5 heteroatoms. The Morgan fingerprint density at radius 2 is 2.32 bits per heavy atom. The fourth-order valence-electron chi connectivity index (χ4n) is 2.70. The molecule has 0 aliphatic carbocycles. The summed E-state index contributed by atoms with van der Waals surface area (Å²) >= 11 is 6.24. The van der Waals surface area contributed by atoms with Gasteiger partial charge < -0.3 is 10.1 Å². The van der Waals surface area contributed by atoms with Gasteiger partial charge in [0.2, 0.25) is 0 Å². The van der Waals surface area contributed by atoms with Crippen LogP contribution in [-0.2, 0) is 0 Å². The summed E-state index contributed by atoms with van der Waals surface area (Å²) in [6, 6.07) is 3.87. The first-order valence-corrected chi connectivity index (χ1v) is 7.09. The number of hydrogen-bond acceptors (Lipinski definition) is 3. The molecule has 2 aromatic rings. The van der Waals surface area contributed by atoms with E-state index in [4.69, 9.17) is 16.3 Å². The monoisotopic (exact) mass is 279 g/mol. The van der Waals surface area contributed by atoms with Crippen LogP contribution in [0.3, 0.4) is 0 Å². The van der Waals surface area contributed by atoms with E-state index in [1.54, 1.807) is 7.11 Å². The van der Waals surface area contributed by atoms with Crippen molar-refractivity contribution >= 4 is 17.1 Å². The third-order valence-corrected chi connectivity index (χ3v) is 4.02. The van der Waals surface area contributed by atoms with Crippen molar-refractivity contribution in [2.24, 2.45) is 0 Å². The number of aromatic nitrogens is 2. The third-order valence-electron chi connectivity index (χ3n) is 3.74. The molecule has 102 valence electrons. The number of halogens is 1. The Kier molecular flexibility index (Phi) is 3.62. The molecule has 0 aromatic carbocycles. The molecule has 1 N–H and O–H groups in total. The van der Waals surface area contributed by atoms with E-state index in [2.05, 4.69) is 14.7 Å². The lowest BCUT2D eigenvalue weighted by Gasteiger charge is -2.13. The first-order chi connectivity index (χ1) is 9.29. The van der Waals surface area contributed by atoms with Crippen molar-refractivity contribution < 1.29 is 4.74 Å². The molecule has 1 atom stereocenters. The van der Waals surface area contributed by atoms with Gasteiger partial charge in [-0.1, -0.05) is 18.0 Å². The Balaban J connectivity index is 2.06. The van der Waals surface area contributed by atoms with Crippen LogP contribution in [0.5, 0.6) is 5.75 Å². The highest BCUT2D eigenvalue weighted by Gasteiger charge is 2.20. The van der Waals surface area contributed by atoms with E-state index < -0.39 is 0 Å². The summed E-state index contributed by atoms with van der Waals surface area (Å²) in [6.45, 7) is 2.06. The Bertz CT molecular complexity index is 573. The van der Waals surface area contributed by atoms with Crippen molar-refractivity contribution in [2.45, 2.75) is 25.2 Å². The largest absolute Gasteiger partial charge is 0.495 e. The average molecular weight is 280 g/mol. The first-order valence-electron chi connectivity index (χ1n) is 6.72. The molecule has 4 nitrogen and oxygen atoms in total. The van der Waals surface area contributed by atoms with Gasteiger partial charge in [-0.15, -0.1) is 0 Å². The zero-order valence-corrected chi connectivity index (χ0v) is 11.8. The van der Waals surface area contributed by atoms with Gasteiger partial charge in [-0.2, -0.15) is 0 Å². The molecule has 0 amide bonds. The number of nitrogens with zero attached hydrogens (tertiary/aromatic N) is 2. The number of pyridine rings is 1. The lowest BCUT2D eigenvalue weighted by Crippen LogP contribution is -2.20. The molecule has 19 heavy (non-hydrogen) atoms. The Labute approximate surface area is 117 Å². The highest BCUT2D eigenvalue weighted by atomic mass is 35.5. The van der Waals surface area contributed by atoms with Crippen molar-refractivity contribution in [3.63, 3.8) is 0 Å². The molecular weight excluding hydrogens is 262 g/mol. The summed E-state index contributed by atoms with van der Waals surface area (Å²) in [4.78, 5) is 4.56. The van der Waals surface area contributed by atoms with E-state index in [0.717, 1.165) is 36.6 Å². The second-order valence-electron chi connectivity index (χ2n) is 4.98. The lowest BCUT2D eigenvalue weighted by atomic mass is 10.0. The summed E-state index contributed by atoms with van der Waals surface area (Å²) in [6.07, 6.45) is 5.58. The number of nitrogens with one attached hydrogen (secondary N) is 1. The zero-order chi connectivity index (χ0) is 13.2. The molecular formula is C14H18ClN3O. The Hall–Kier alpha value is -1.26. The Morgan fingerprint density at radius 1 is 1.42 bits per heavy atom. The standard InChI is InChI=1S/C14H18ClN3O/c1-19-11-5-6-12-13(15)17-14(18(12)9-11)10-4-2-3-7-16-8-10/h5-6,9-10,16H,2-4,7-8H2,1H3. The number of hydrogen-bond donors (Lipinski definition) is 1. The number of rotatable bonds is 2. The SMILES string of the molecule is COc1ccc2c(Cl)nc(C3CCCCNC3)n2c1. The molecule has 2 aromatic heterocycles. The number of fused-ring (bicyclic) bond motifs is 1. The molecule has 0 radical (unpaired) electrons. The van der Waals surface area contributed by atoms with Gasteiger partial charge in [-0.25, -0.2) is 4.98 Å². The van der Waals surface area contributed by atoms with Gasteiger partial charge in [0.1, 0.15) is 11.6 Å². The van der Waals surface area contributed by atoms with Crippen LogP contribution in [0.15, 0.2) is 18.3 Å². The minimum Gasteiger partial charge on any atom is -0.495 e. The predicted molar refractivity (Wildman–Crippen MR) is 76.2 cm³/mol. The number of imidazole rings is 1. The minimum atomic E-state index is 0.412. The summed E-state index contributed by atoms with van der Waals surface area (Å²) in [7, 11) is 1.67. The summed E-state index contributed by atoms with van der Waals surface area (Å²) in [5.41, 5.74) is 0.946. The summed E-state index contributed by atoms with van der Waals surface area (Å²) in [5.74, 6) is 2.27. The van der Waals surface area contributed by atoms with Crippen LogP contribution >= 0.6 is 11.6 Å². The van der Waals surface area contributed by atoms with E-state index >= 15 is 0 Å². The van der Waals surface area contributed by atoms with E-state index in [1.807, 2.05) is 18.3 Å². The van der Waals surface area contributed by atoms with Crippen LogP contribution in [0.2, 0.25) is 5.15 Å². The highest BCUT2D eigenvalue weighted by Crippen LogP contribution is 2.29. The van der Waals surface area contributed by atoms with Crippen LogP contribution in [0.4, 0.5) is 0 Å². The molecule has 0 saturated carbocycles. The fraction of sp³-hybridized carbons (Fsp3) is 0.500. The minimum absolute atomic E-state index is 0.412. The number of ether oxygens (including phenoxy) is 1. The molecule has 3 rings (SSSR count). The Morgan fingerprint density at radius 3 is 3.16 bits per heavy atom. The average Bonchev–Trinajstić information content (AvgIpc) is 2.64. The molecule has 1 saturated heterocycles. The molecule has 0 bridgehead atoms. The maximum atomic E-state index is 6.24. The first kappa shape index (κ1) is 12.8. The molecule has 1 fully saturated rings. The maximum absolute atomic E-state index is 6.24. The van der Waals surface area contributed by atoms with Gasteiger partial charge >= 0.3 is 0 Å². The van der Waals surface area contributed by atoms with Crippen molar-refractivity contribution in [3.05, 3.63) is 29.3 Å². The molecule has 0 spiro atoms. The van der Waals surface area contributed by atoms with Crippen LogP contribution < -0.4 is 10.1 Å². The van der Waals surface area contributed by atoms with Crippen LogP contribution in [-0.4, -0.2) is 29.6 Å². The normalized spacial score (nSPS) is 20.4. The number of methoxy groups -OCH3 is 1. The van der Waals surface area contributed by atoms with Gasteiger partial charge in [0.25, 0.3) is 0 Å². The molecule has 1 aliphatic rings. The van der Waals surface area contributed by atoms with E-state index in [-0.39, 0.29) is 0 Å². The van der Waals surface area contributed by atoms with Gasteiger partial charge in [-0.05, 0) is 31.5 Å². The maximum Gasteiger partial charge on any atom is 0.155 e. The third kappa shape index (κ3) is 2.42. The van der Waals surface area contributed by atoms with Crippen molar-refractivity contribution in [1.82, 2.24) is 14.7 Å². The van der Waals surface area contributed by atoms with Gasteiger partial charge in [0.05, 0.1) is 18.8 Å². The van der Waals surface area contributed by atoms with Gasteiger partial charge in [-0.3, -0.25) is 4.40 Å². The van der Waals surface area contributed by atoms with Crippen molar-refractivity contribution in [2.75, 3.05) is 20.2 Å².